The van der Waals surface area contributed by atoms with E-state index in [4.69, 9.17) is 0 Å². The van der Waals surface area contributed by atoms with Crippen molar-refractivity contribution in [2.45, 2.75) is 6.18 Å². The minimum atomic E-state index is -5.03. The number of hydrogen-bond donors (Lipinski definition) is 1. The van der Waals surface area contributed by atoms with E-state index in [1.807, 2.05) is 0 Å². The largest absolute Gasteiger partial charge is 0.471 e. The molecule has 0 aliphatic heterocycles. The monoisotopic (exact) mass is 308 g/mol. The second kappa shape index (κ2) is 5.16. The van der Waals surface area contributed by atoms with Gasteiger partial charge in [0.1, 0.15) is 11.6 Å². The van der Waals surface area contributed by atoms with Crippen LogP contribution in [-0.2, 0) is 4.79 Å². The number of amides is 1. The second-order valence-electron chi connectivity index (χ2n) is 3.61. The van der Waals surface area contributed by atoms with Crippen molar-refractivity contribution < 1.29 is 26.7 Å². The lowest BCUT2D eigenvalue weighted by molar-refractivity contribution is -0.167. The number of anilines is 1. The summed E-state index contributed by atoms with van der Waals surface area (Å²) in [4.78, 5) is 14.3. The highest BCUT2D eigenvalue weighted by Gasteiger charge is 2.39. The van der Waals surface area contributed by atoms with E-state index in [0.29, 0.717) is 17.4 Å². The summed E-state index contributed by atoms with van der Waals surface area (Å²) in [5, 5.41) is 2.47. The number of carbonyl (C=O) groups excluding carboxylic acids is 1. The standard InChI is InChI=1S/C11H5F5N2OS/c12-5-1-2-6(7(13)3-5)8-4-20-10(17-8)18-9(19)11(14,15)16/h1-4H,(H,17,18,19). The van der Waals surface area contributed by atoms with Crippen LogP contribution in [0.1, 0.15) is 0 Å². The van der Waals surface area contributed by atoms with Crippen molar-refractivity contribution in [3.05, 3.63) is 35.2 Å². The van der Waals surface area contributed by atoms with Gasteiger partial charge in [0.25, 0.3) is 0 Å². The van der Waals surface area contributed by atoms with E-state index in [9.17, 15) is 26.7 Å². The minimum Gasteiger partial charge on any atom is -0.294 e. The molecule has 3 nitrogen and oxygen atoms in total. The highest BCUT2D eigenvalue weighted by Crippen LogP contribution is 2.28. The molecule has 0 saturated carbocycles. The molecule has 0 atom stereocenters. The Morgan fingerprint density at radius 1 is 1.25 bits per heavy atom. The van der Waals surface area contributed by atoms with Crippen molar-refractivity contribution in [3.8, 4) is 11.3 Å². The quantitative estimate of drug-likeness (QED) is 0.862. The Balaban J connectivity index is 2.23. The zero-order valence-corrected chi connectivity index (χ0v) is 10.3. The normalized spacial score (nSPS) is 11.4. The number of carbonyl (C=O) groups is 1. The van der Waals surface area contributed by atoms with E-state index in [1.165, 1.54) is 5.38 Å². The summed E-state index contributed by atoms with van der Waals surface area (Å²) in [5.74, 6) is -3.85. The molecule has 1 aromatic heterocycles. The number of benzene rings is 1. The van der Waals surface area contributed by atoms with Crippen molar-refractivity contribution in [3.63, 3.8) is 0 Å². The molecule has 0 bridgehead atoms. The molecule has 0 aliphatic rings. The molecule has 1 aromatic carbocycles. The number of halogens is 5. The third-order valence-corrected chi connectivity index (χ3v) is 2.95. The van der Waals surface area contributed by atoms with Gasteiger partial charge in [-0.25, -0.2) is 13.8 Å². The van der Waals surface area contributed by atoms with E-state index < -0.39 is 23.7 Å². The Morgan fingerprint density at radius 3 is 2.55 bits per heavy atom. The number of hydrogen-bond acceptors (Lipinski definition) is 3. The third kappa shape index (κ3) is 3.10. The topological polar surface area (TPSA) is 42.0 Å². The van der Waals surface area contributed by atoms with Gasteiger partial charge in [-0.15, -0.1) is 11.3 Å². The number of thiazole rings is 1. The lowest BCUT2D eigenvalue weighted by atomic mass is 10.1. The Hall–Kier alpha value is -2.03. The average molecular weight is 308 g/mol. The number of nitrogens with zero attached hydrogens (tertiary/aromatic N) is 1. The number of aromatic nitrogens is 1. The maximum atomic E-state index is 13.5. The van der Waals surface area contributed by atoms with Gasteiger partial charge in [-0.1, -0.05) is 0 Å². The van der Waals surface area contributed by atoms with Gasteiger partial charge < -0.3 is 0 Å². The third-order valence-electron chi connectivity index (χ3n) is 2.19. The number of nitrogens with one attached hydrogen (secondary N) is 1. The van der Waals surface area contributed by atoms with Crippen LogP contribution in [0.3, 0.4) is 0 Å². The predicted octanol–water partition coefficient (Wildman–Crippen LogP) is 3.59. The maximum Gasteiger partial charge on any atom is 0.471 e. The van der Waals surface area contributed by atoms with Crippen LogP contribution in [0, 0.1) is 11.6 Å². The molecule has 20 heavy (non-hydrogen) atoms. The molecule has 0 saturated heterocycles. The smallest absolute Gasteiger partial charge is 0.294 e. The van der Waals surface area contributed by atoms with Gasteiger partial charge in [-0.2, -0.15) is 13.2 Å². The summed E-state index contributed by atoms with van der Waals surface area (Å²) in [5.41, 5.74) is -0.0693. The van der Waals surface area contributed by atoms with E-state index >= 15 is 0 Å². The van der Waals surface area contributed by atoms with Crippen LogP contribution in [0.15, 0.2) is 23.6 Å². The van der Waals surface area contributed by atoms with E-state index in [1.54, 1.807) is 5.32 Å². The molecule has 106 valence electrons. The van der Waals surface area contributed by atoms with E-state index in [2.05, 4.69) is 4.98 Å². The van der Waals surface area contributed by atoms with Crippen molar-refractivity contribution in [1.82, 2.24) is 4.98 Å². The SMILES string of the molecule is O=C(Nc1nc(-c2ccc(F)cc2F)cs1)C(F)(F)F. The maximum absolute atomic E-state index is 13.5. The van der Waals surface area contributed by atoms with Crippen molar-refractivity contribution in [2.75, 3.05) is 5.32 Å². The molecule has 2 aromatic rings. The fraction of sp³-hybridized carbons (Fsp3) is 0.0909. The predicted molar refractivity (Wildman–Crippen MR) is 62.2 cm³/mol. The first-order chi connectivity index (χ1) is 9.27. The van der Waals surface area contributed by atoms with Crippen LogP contribution in [0.4, 0.5) is 27.1 Å². The summed E-state index contributed by atoms with van der Waals surface area (Å²) < 4.78 is 62.3. The Bertz CT molecular complexity index is 653. The molecule has 0 unspecified atom stereocenters. The molecule has 1 amide bonds. The molecule has 0 radical (unpaired) electrons. The van der Waals surface area contributed by atoms with Crippen LogP contribution >= 0.6 is 11.3 Å². The average Bonchev–Trinajstić information content (AvgIpc) is 2.76. The molecule has 0 spiro atoms. The van der Waals surface area contributed by atoms with Crippen molar-refractivity contribution in [1.29, 1.82) is 0 Å². The summed E-state index contributed by atoms with van der Waals surface area (Å²) in [7, 11) is 0. The van der Waals surface area contributed by atoms with Gasteiger partial charge in [0.05, 0.1) is 5.69 Å². The van der Waals surface area contributed by atoms with Crippen LogP contribution in [0.5, 0.6) is 0 Å². The highest BCUT2D eigenvalue weighted by atomic mass is 32.1. The zero-order valence-electron chi connectivity index (χ0n) is 9.46. The van der Waals surface area contributed by atoms with Gasteiger partial charge in [-0.3, -0.25) is 10.1 Å². The van der Waals surface area contributed by atoms with Gasteiger partial charge >= 0.3 is 12.1 Å². The van der Waals surface area contributed by atoms with Crippen LogP contribution in [-0.4, -0.2) is 17.1 Å². The number of rotatable bonds is 2. The van der Waals surface area contributed by atoms with Crippen molar-refractivity contribution in [2.24, 2.45) is 0 Å². The summed E-state index contributed by atoms with van der Waals surface area (Å²) >= 11 is 0.698. The van der Waals surface area contributed by atoms with Gasteiger partial charge in [0.15, 0.2) is 5.13 Å². The molecule has 0 aliphatic carbocycles. The van der Waals surface area contributed by atoms with Crippen LogP contribution < -0.4 is 5.32 Å². The molecule has 2 rings (SSSR count). The molecular weight excluding hydrogens is 303 g/mol. The first-order valence-electron chi connectivity index (χ1n) is 5.06. The van der Waals surface area contributed by atoms with E-state index in [-0.39, 0.29) is 16.4 Å². The molecule has 1 heterocycles. The molecule has 1 N–H and O–H groups in total. The van der Waals surface area contributed by atoms with Crippen LogP contribution in [0.25, 0.3) is 11.3 Å². The van der Waals surface area contributed by atoms with Gasteiger partial charge in [0.2, 0.25) is 0 Å². The van der Waals surface area contributed by atoms with Gasteiger partial charge in [0, 0.05) is 17.0 Å². The lowest BCUT2D eigenvalue weighted by Gasteiger charge is -2.04. The van der Waals surface area contributed by atoms with Gasteiger partial charge in [-0.05, 0) is 12.1 Å². The first kappa shape index (κ1) is 14.4. The molecule has 9 heteroatoms. The molecular formula is C11H5F5N2OS. The molecule has 0 fully saturated rings. The van der Waals surface area contributed by atoms with Crippen LogP contribution in [0.2, 0.25) is 0 Å². The number of alkyl halides is 3. The van der Waals surface area contributed by atoms with E-state index in [0.717, 1.165) is 12.1 Å². The second-order valence-corrected chi connectivity index (χ2v) is 4.47. The Labute approximate surface area is 113 Å². The lowest BCUT2D eigenvalue weighted by Crippen LogP contribution is -2.29. The summed E-state index contributed by atoms with van der Waals surface area (Å²) in [6.07, 6.45) is -5.03. The fourth-order valence-electron chi connectivity index (χ4n) is 1.32. The minimum absolute atomic E-state index is 0.00461. The first-order valence-corrected chi connectivity index (χ1v) is 5.94. The summed E-state index contributed by atoms with van der Waals surface area (Å²) in [6.45, 7) is 0. The fourth-order valence-corrected chi connectivity index (χ4v) is 2.03. The van der Waals surface area contributed by atoms with Crippen molar-refractivity contribution >= 4 is 22.4 Å². The summed E-state index contributed by atoms with van der Waals surface area (Å²) in [6, 6.07) is 2.73. The zero-order chi connectivity index (χ0) is 14.9. The highest BCUT2D eigenvalue weighted by molar-refractivity contribution is 7.14. The Kier molecular flexibility index (Phi) is 3.71. The Morgan fingerprint density at radius 2 is 1.95 bits per heavy atom.